The van der Waals surface area contributed by atoms with E-state index < -0.39 is 15.3 Å². The van der Waals surface area contributed by atoms with Crippen molar-refractivity contribution < 1.29 is 8.42 Å². The van der Waals surface area contributed by atoms with Crippen LogP contribution < -0.4 is 5.73 Å². The van der Waals surface area contributed by atoms with Gasteiger partial charge >= 0.3 is 0 Å². The molecule has 0 saturated heterocycles. The Hall–Kier alpha value is -0.200. The molecule has 1 atom stereocenters. The smallest absolute Gasteiger partial charge is 0.223 e. The van der Waals surface area contributed by atoms with Gasteiger partial charge in [0, 0.05) is 13.1 Å². The van der Waals surface area contributed by atoms with Crippen molar-refractivity contribution in [3.8, 4) is 0 Å². The van der Waals surface area contributed by atoms with Crippen LogP contribution in [0.2, 0.25) is 0 Å². The highest BCUT2D eigenvalue weighted by atomic mass is 32.2. The molecule has 0 amide bonds. The van der Waals surface area contributed by atoms with Gasteiger partial charge in [0.15, 0.2) is 0 Å². The summed E-state index contributed by atoms with van der Waals surface area (Å²) in [5, 5.41) is -0.758. The van der Waals surface area contributed by atoms with E-state index in [0.717, 1.165) is 12.8 Å². The summed E-state index contributed by atoms with van der Waals surface area (Å²) >= 11 is 4.73. The van der Waals surface area contributed by atoms with Crippen LogP contribution in [0.5, 0.6) is 0 Å². The van der Waals surface area contributed by atoms with Gasteiger partial charge < -0.3 is 5.73 Å². The molecule has 0 radical (unpaired) electrons. The predicted octanol–water partition coefficient (Wildman–Crippen LogP) is 0.723. The van der Waals surface area contributed by atoms with E-state index in [0.29, 0.717) is 19.0 Å². The Balaban J connectivity index is 2.75. The van der Waals surface area contributed by atoms with Crippen molar-refractivity contribution in [1.29, 1.82) is 0 Å². The summed E-state index contributed by atoms with van der Waals surface area (Å²) in [5.41, 5.74) is 5.39. The molecule has 0 aromatic heterocycles. The minimum atomic E-state index is -3.34. The largest absolute Gasteiger partial charge is 0.392 e. The third-order valence-electron chi connectivity index (χ3n) is 2.72. The summed E-state index contributed by atoms with van der Waals surface area (Å²) in [6, 6.07) is 0. The lowest BCUT2D eigenvalue weighted by Gasteiger charge is -2.23. The van der Waals surface area contributed by atoms with Crippen LogP contribution in [0, 0.1) is 5.92 Å². The number of thiocarbonyl (C=S) groups is 1. The van der Waals surface area contributed by atoms with Gasteiger partial charge in [-0.2, -0.15) is 0 Å². The summed E-state index contributed by atoms with van der Waals surface area (Å²) in [7, 11) is -3.34. The molecule has 0 aromatic carbocycles. The Kier molecular flexibility index (Phi) is 4.08. The monoisotopic (exact) mass is 250 g/mol. The molecule has 2 N–H and O–H groups in total. The average Bonchev–Trinajstić information content (AvgIpc) is 2.95. The molecule has 88 valence electrons. The molecule has 1 aliphatic carbocycles. The Bertz CT molecular complexity index is 336. The molecule has 0 bridgehead atoms. The van der Waals surface area contributed by atoms with Crippen molar-refractivity contribution in [3.05, 3.63) is 0 Å². The van der Waals surface area contributed by atoms with E-state index in [9.17, 15) is 8.42 Å². The minimum Gasteiger partial charge on any atom is -0.392 e. The second-order valence-corrected chi connectivity index (χ2v) is 6.71. The maximum atomic E-state index is 12.0. The Morgan fingerprint density at radius 2 is 2.13 bits per heavy atom. The van der Waals surface area contributed by atoms with Crippen LogP contribution in [0.1, 0.15) is 26.7 Å². The quantitative estimate of drug-likeness (QED) is 0.706. The van der Waals surface area contributed by atoms with Crippen molar-refractivity contribution >= 4 is 27.2 Å². The third-order valence-corrected chi connectivity index (χ3v) is 5.50. The van der Waals surface area contributed by atoms with Crippen molar-refractivity contribution in [2.24, 2.45) is 11.7 Å². The topological polar surface area (TPSA) is 63.4 Å². The highest BCUT2D eigenvalue weighted by molar-refractivity contribution is 7.92. The van der Waals surface area contributed by atoms with Gasteiger partial charge in [0.2, 0.25) is 10.0 Å². The fourth-order valence-electron chi connectivity index (χ4n) is 1.37. The van der Waals surface area contributed by atoms with Crippen molar-refractivity contribution in [1.82, 2.24) is 4.31 Å². The summed E-state index contributed by atoms with van der Waals surface area (Å²) in [4.78, 5) is 0.0456. The lowest BCUT2D eigenvalue weighted by molar-refractivity contribution is 0.410. The number of rotatable bonds is 6. The number of nitrogens with zero attached hydrogens (tertiary/aromatic N) is 1. The van der Waals surface area contributed by atoms with Crippen LogP contribution in [-0.2, 0) is 10.0 Å². The summed E-state index contributed by atoms with van der Waals surface area (Å²) < 4.78 is 25.5. The molecule has 6 heteroatoms. The van der Waals surface area contributed by atoms with Gasteiger partial charge in [-0.1, -0.05) is 19.1 Å². The van der Waals surface area contributed by atoms with Gasteiger partial charge in [0.05, 0.1) is 4.99 Å². The van der Waals surface area contributed by atoms with E-state index >= 15 is 0 Å². The molecular weight excluding hydrogens is 232 g/mol. The lowest BCUT2D eigenvalue weighted by atomic mass is 10.4. The molecule has 4 nitrogen and oxygen atoms in total. The van der Waals surface area contributed by atoms with Crippen LogP contribution in [0.15, 0.2) is 0 Å². The van der Waals surface area contributed by atoms with Crippen LogP contribution in [-0.4, -0.2) is 36.1 Å². The second-order valence-electron chi connectivity index (χ2n) is 3.98. The summed E-state index contributed by atoms with van der Waals surface area (Å²) in [6.45, 7) is 4.50. The van der Waals surface area contributed by atoms with Gasteiger partial charge in [-0.25, -0.2) is 12.7 Å². The zero-order valence-electron chi connectivity index (χ0n) is 9.14. The van der Waals surface area contributed by atoms with E-state index in [1.54, 1.807) is 6.92 Å². The maximum Gasteiger partial charge on any atom is 0.223 e. The molecule has 0 aromatic rings. The summed E-state index contributed by atoms with van der Waals surface area (Å²) in [5.74, 6) is 0.540. The van der Waals surface area contributed by atoms with Gasteiger partial charge in [0.25, 0.3) is 0 Å². The molecule has 0 spiro atoms. The van der Waals surface area contributed by atoms with Crippen molar-refractivity contribution in [3.63, 3.8) is 0 Å². The molecule has 15 heavy (non-hydrogen) atoms. The van der Waals surface area contributed by atoms with Crippen molar-refractivity contribution in [2.45, 2.75) is 31.9 Å². The number of nitrogens with two attached hydrogens (primary N) is 1. The van der Waals surface area contributed by atoms with E-state index in [-0.39, 0.29) is 4.99 Å². The SMILES string of the molecule is CCN(CC1CC1)S(=O)(=O)C(C)C(N)=S. The fourth-order valence-corrected chi connectivity index (χ4v) is 3.26. The average molecular weight is 250 g/mol. The molecule has 1 unspecified atom stereocenters. The van der Waals surface area contributed by atoms with E-state index in [2.05, 4.69) is 0 Å². The minimum absolute atomic E-state index is 0.0456. The first kappa shape index (κ1) is 12.9. The first-order valence-electron chi connectivity index (χ1n) is 5.17. The highest BCUT2D eigenvalue weighted by Gasteiger charge is 2.33. The number of sulfonamides is 1. The Morgan fingerprint density at radius 1 is 1.60 bits per heavy atom. The van der Waals surface area contributed by atoms with E-state index in [1.807, 2.05) is 6.92 Å². The van der Waals surface area contributed by atoms with Gasteiger partial charge in [-0.3, -0.25) is 0 Å². The highest BCUT2D eigenvalue weighted by Crippen LogP contribution is 2.30. The molecular formula is C9H18N2O2S2. The zero-order valence-corrected chi connectivity index (χ0v) is 10.8. The van der Waals surface area contributed by atoms with E-state index in [1.165, 1.54) is 4.31 Å². The molecule has 1 fully saturated rings. The van der Waals surface area contributed by atoms with Gasteiger partial charge in [-0.15, -0.1) is 0 Å². The number of hydrogen-bond donors (Lipinski definition) is 1. The summed E-state index contributed by atoms with van der Waals surface area (Å²) in [6.07, 6.45) is 2.26. The normalized spacial score (nSPS) is 19.1. The first-order chi connectivity index (χ1) is 6.89. The second kappa shape index (κ2) is 4.76. The molecule has 0 aliphatic heterocycles. The fraction of sp³-hybridized carbons (Fsp3) is 0.889. The third kappa shape index (κ3) is 3.12. The number of hydrogen-bond acceptors (Lipinski definition) is 3. The predicted molar refractivity (Wildman–Crippen MR) is 65.1 cm³/mol. The zero-order chi connectivity index (χ0) is 11.6. The molecule has 1 aliphatic rings. The van der Waals surface area contributed by atoms with Gasteiger partial charge in [-0.05, 0) is 25.7 Å². The molecule has 1 rings (SSSR count). The molecule has 0 heterocycles. The van der Waals surface area contributed by atoms with E-state index in [4.69, 9.17) is 18.0 Å². The lowest BCUT2D eigenvalue weighted by Crippen LogP contribution is -2.43. The first-order valence-corrected chi connectivity index (χ1v) is 7.09. The van der Waals surface area contributed by atoms with Crippen LogP contribution in [0.3, 0.4) is 0 Å². The maximum absolute atomic E-state index is 12.0. The Morgan fingerprint density at radius 3 is 2.47 bits per heavy atom. The van der Waals surface area contributed by atoms with Crippen molar-refractivity contribution in [2.75, 3.05) is 13.1 Å². The standard InChI is InChI=1S/C9H18N2O2S2/c1-3-11(6-8-4-5-8)15(12,13)7(2)9(10)14/h7-8H,3-6H2,1-2H3,(H2,10,14). The Labute approximate surface area is 96.9 Å². The van der Waals surface area contributed by atoms with Gasteiger partial charge in [0.1, 0.15) is 5.25 Å². The molecule has 1 saturated carbocycles. The van der Waals surface area contributed by atoms with Crippen LogP contribution in [0.25, 0.3) is 0 Å². The van der Waals surface area contributed by atoms with Crippen LogP contribution in [0.4, 0.5) is 0 Å². The van der Waals surface area contributed by atoms with Crippen LogP contribution >= 0.6 is 12.2 Å².